The summed E-state index contributed by atoms with van der Waals surface area (Å²) in [6, 6.07) is 8.17. The summed E-state index contributed by atoms with van der Waals surface area (Å²) in [5, 5.41) is 7.46. The fourth-order valence-electron chi connectivity index (χ4n) is 1.83. The first kappa shape index (κ1) is 13.7. The number of thioether (sulfide) groups is 1. The normalized spacial score (nSPS) is 10.8. The van der Waals surface area contributed by atoms with Gasteiger partial charge in [-0.2, -0.15) is 11.3 Å². The molecule has 2 nitrogen and oxygen atoms in total. The highest BCUT2D eigenvalue weighted by Gasteiger charge is 2.07. The average Bonchev–Trinajstić information content (AvgIpc) is 3.10. The second-order valence-electron chi connectivity index (χ2n) is 4.42. The molecule has 102 valence electrons. The molecule has 3 aromatic rings. The first-order valence-corrected chi connectivity index (χ1v) is 8.99. The van der Waals surface area contributed by atoms with Crippen molar-refractivity contribution in [3.8, 4) is 10.6 Å². The Hall–Kier alpha value is -1.30. The van der Waals surface area contributed by atoms with Crippen LogP contribution in [0.3, 0.4) is 0 Å². The van der Waals surface area contributed by atoms with Gasteiger partial charge in [0.15, 0.2) is 0 Å². The zero-order valence-corrected chi connectivity index (χ0v) is 13.4. The minimum Gasteiger partial charge on any atom is -0.398 e. The molecule has 5 heteroatoms. The summed E-state index contributed by atoms with van der Waals surface area (Å²) >= 11 is 5.20. The molecule has 0 saturated carbocycles. The molecule has 0 saturated heterocycles. The summed E-state index contributed by atoms with van der Waals surface area (Å²) in [4.78, 5) is 5.92. The van der Waals surface area contributed by atoms with Gasteiger partial charge in [0.1, 0.15) is 5.01 Å². The van der Waals surface area contributed by atoms with Gasteiger partial charge in [-0.25, -0.2) is 4.98 Å². The molecule has 1 aromatic carbocycles. The van der Waals surface area contributed by atoms with Crippen molar-refractivity contribution >= 4 is 40.1 Å². The predicted molar refractivity (Wildman–Crippen MR) is 90.6 cm³/mol. The van der Waals surface area contributed by atoms with Crippen LogP contribution < -0.4 is 5.73 Å². The Bertz CT molecular complexity index is 702. The van der Waals surface area contributed by atoms with E-state index in [1.165, 1.54) is 10.5 Å². The molecule has 0 radical (unpaired) electrons. The number of aromatic nitrogens is 1. The van der Waals surface area contributed by atoms with Gasteiger partial charge in [0.25, 0.3) is 0 Å². The van der Waals surface area contributed by atoms with E-state index in [9.17, 15) is 0 Å². The first-order chi connectivity index (χ1) is 9.74. The monoisotopic (exact) mass is 318 g/mol. The fourth-order valence-corrected chi connectivity index (χ4v) is 4.43. The molecule has 0 bridgehead atoms. The summed E-state index contributed by atoms with van der Waals surface area (Å²) in [5.74, 6) is 0.880. The van der Waals surface area contributed by atoms with Gasteiger partial charge < -0.3 is 5.73 Å². The number of nitrogens with zero attached hydrogens (tertiary/aromatic N) is 1. The molecule has 0 aliphatic rings. The molecule has 0 atom stereocenters. The van der Waals surface area contributed by atoms with Crippen molar-refractivity contribution in [2.24, 2.45) is 0 Å². The van der Waals surface area contributed by atoms with Crippen LogP contribution in [0.25, 0.3) is 10.6 Å². The number of rotatable bonds is 4. The lowest BCUT2D eigenvalue weighted by Crippen LogP contribution is -1.91. The number of hydrogen-bond donors (Lipinski definition) is 1. The maximum Gasteiger partial charge on any atom is 0.124 e. The van der Waals surface area contributed by atoms with Crippen molar-refractivity contribution in [2.75, 3.05) is 5.73 Å². The van der Waals surface area contributed by atoms with Crippen LogP contribution in [0.1, 0.15) is 11.3 Å². The molecular formula is C15H14N2S3. The van der Waals surface area contributed by atoms with Crippen molar-refractivity contribution in [3.63, 3.8) is 0 Å². The van der Waals surface area contributed by atoms with Gasteiger partial charge in [0, 0.05) is 32.7 Å². The SMILES string of the molecule is Cc1c(N)cccc1SCc1csc(-c2ccsc2)n1. The van der Waals surface area contributed by atoms with Crippen LogP contribution in [0.4, 0.5) is 5.69 Å². The number of nitrogen functional groups attached to an aromatic ring is 1. The molecule has 2 heterocycles. The number of hydrogen-bond acceptors (Lipinski definition) is 5. The van der Waals surface area contributed by atoms with Crippen LogP contribution in [0.5, 0.6) is 0 Å². The minimum atomic E-state index is 0.854. The zero-order valence-electron chi connectivity index (χ0n) is 11.0. The number of benzene rings is 1. The van der Waals surface area contributed by atoms with Crippen molar-refractivity contribution in [2.45, 2.75) is 17.6 Å². The van der Waals surface area contributed by atoms with Gasteiger partial charge in [0.2, 0.25) is 0 Å². The molecule has 2 aromatic heterocycles. The summed E-state index contributed by atoms with van der Waals surface area (Å²) < 4.78 is 0. The van der Waals surface area contributed by atoms with Crippen LogP contribution in [0.15, 0.2) is 45.3 Å². The largest absolute Gasteiger partial charge is 0.398 e. The topological polar surface area (TPSA) is 38.9 Å². The van der Waals surface area contributed by atoms with Crippen LogP contribution in [0.2, 0.25) is 0 Å². The highest BCUT2D eigenvalue weighted by molar-refractivity contribution is 7.98. The minimum absolute atomic E-state index is 0.854. The van der Waals surface area contributed by atoms with Gasteiger partial charge in [-0.05, 0) is 36.1 Å². The van der Waals surface area contributed by atoms with E-state index >= 15 is 0 Å². The molecule has 0 aliphatic carbocycles. The lowest BCUT2D eigenvalue weighted by atomic mass is 10.2. The summed E-state index contributed by atoms with van der Waals surface area (Å²) in [6.45, 7) is 2.06. The molecule has 0 spiro atoms. The Kier molecular flexibility index (Phi) is 4.10. The van der Waals surface area contributed by atoms with Crippen LogP contribution in [0, 0.1) is 6.92 Å². The van der Waals surface area contributed by atoms with Gasteiger partial charge in [-0.1, -0.05) is 6.07 Å². The van der Waals surface area contributed by atoms with Crippen molar-refractivity contribution < 1.29 is 0 Å². The van der Waals surface area contributed by atoms with Gasteiger partial charge in [0.05, 0.1) is 5.69 Å². The summed E-state index contributed by atoms with van der Waals surface area (Å²) in [7, 11) is 0. The predicted octanol–water partition coefficient (Wildman–Crippen LogP) is 5.05. The fraction of sp³-hybridized carbons (Fsp3) is 0.133. The van der Waals surface area contributed by atoms with E-state index in [0.29, 0.717) is 0 Å². The highest BCUT2D eigenvalue weighted by Crippen LogP contribution is 2.31. The molecule has 0 amide bonds. The van der Waals surface area contributed by atoms with Gasteiger partial charge in [-0.3, -0.25) is 0 Å². The van der Waals surface area contributed by atoms with E-state index in [0.717, 1.165) is 27.7 Å². The van der Waals surface area contributed by atoms with E-state index in [4.69, 9.17) is 10.7 Å². The van der Waals surface area contributed by atoms with E-state index in [1.54, 1.807) is 34.4 Å². The van der Waals surface area contributed by atoms with E-state index in [-0.39, 0.29) is 0 Å². The Balaban J connectivity index is 1.71. The molecular weight excluding hydrogens is 304 g/mol. The van der Waals surface area contributed by atoms with Crippen LogP contribution in [-0.4, -0.2) is 4.98 Å². The molecule has 0 fully saturated rings. The van der Waals surface area contributed by atoms with Gasteiger partial charge >= 0.3 is 0 Å². The maximum atomic E-state index is 5.93. The number of thiophene rings is 1. The Morgan fingerprint density at radius 1 is 1.25 bits per heavy atom. The first-order valence-electron chi connectivity index (χ1n) is 6.19. The summed E-state index contributed by atoms with van der Waals surface area (Å²) in [6.07, 6.45) is 0. The summed E-state index contributed by atoms with van der Waals surface area (Å²) in [5.41, 5.74) is 10.3. The number of nitrogens with two attached hydrogens (primary N) is 1. The third-order valence-corrected chi connectivity index (χ3v) is 5.84. The van der Waals surface area contributed by atoms with E-state index < -0.39 is 0 Å². The van der Waals surface area contributed by atoms with E-state index in [1.807, 2.05) is 12.1 Å². The highest BCUT2D eigenvalue weighted by atomic mass is 32.2. The zero-order chi connectivity index (χ0) is 13.9. The second kappa shape index (κ2) is 5.99. The molecule has 0 aliphatic heterocycles. The van der Waals surface area contributed by atoms with E-state index in [2.05, 4.69) is 35.2 Å². The van der Waals surface area contributed by atoms with Gasteiger partial charge in [-0.15, -0.1) is 23.1 Å². The Morgan fingerprint density at radius 3 is 2.95 bits per heavy atom. The molecule has 3 rings (SSSR count). The Morgan fingerprint density at radius 2 is 2.15 bits per heavy atom. The van der Waals surface area contributed by atoms with Crippen LogP contribution in [-0.2, 0) is 5.75 Å². The lowest BCUT2D eigenvalue weighted by molar-refractivity contribution is 1.22. The molecule has 2 N–H and O–H groups in total. The van der Waals surface area contributed by atoms with Crippen molar-refractivity contribution in [1.82, 2.24) is 4.98 Å². The quantitative estimate of drug-likeness (QED) is 0.540. The third-order valence-electron chi connectivity index (χ3n) is 3.02. The van der Waals surface area contributed by atoms with Crippen molar-refractivity contribution in [3.05, 3.63) is 51.7 Å². The number of thiazole rings is 1. The van der Waals surface area contributed by atoms with Crippen molar-refractivity contribution in [1.29, 1.82) is 0 Å². The standard InChI is InChI=1S/C15H14N2S3/c1-10-13(16)3-2-4-14(10)19-8-12-9-20-15(17-12)11-5-6-18-7-11/h2-7,9H,8,16H2,1H3. The van der Waals surface area contributed by atoms with Crippen LogP contribution >= 0.6 is 34.4 Å². The number of anilines is 1. The third kappa shape index (κ3) is 2.90. The Labute approximate surface area is 130 Å². The smallest absolute Gasteiger partial charge is 0.124 e. The molecule has 0 unspecified atom stereocenters. The molecule has 20 heavy (non-hydrogen) atoms. The maximum absolute atomic E-state index is 5.93. The second-order valence-corrected chi connectivity index (χ2v) is 7.07. The lowest BCUT2D eigenvalue weighted by Gasteiger charge is -2.06. The average molecular weight is 318 g/mol.